The van der Waals surface area contributed by atoms with Crippen LogP contribution in [-0.2, 0) is 0 Å². The average molecular weight is 235 g/mol. The van der Waals surface area contributed by atoms with Gasteiger partial charge in [0.2, 0.25) is 0 Å². The molecular formula is C12H17N3O2. The molecule has 0 atom stereocenters. The third kappa shape index (κ3) is 3.41. The summed E-state index contributed by atoms with van der Waals surface area (Å²) in [5, 5.41) is 13.8. The van der Waals surface area contributed by atoms with Crippen molar-refractivity contribution >= 4 is 11.5 Å². The van der Waals surface area contributed by atoms with E-state index in [1.807, 2.05) is 0 Å². The Morgan fingerprint density at radius 2 is 2.29 bits per heavy atom. The van der Waals surface area contributed by atoms with Crippen molar-refractivity contribution in [2.24, 2.45) is 5.92 Å². The number of hydrogen-bond acceptors (Lipinski definition) is 4. The van der Waals surface area contributed by atoms with E-state index in [1.165, 1.54) is 25.3 Å². The fourth-order valence-corrected chi connectivity index (χ4v) is 1.86. The molecule has 5 nitrogen and oxygen atoms in total. The minimum absolute atomic E-state index is 0.0773. The lowest BCUT2D eigenvalue weighted by Gasteiger charge is -2.06. The summed E-state index contributed by atoms with van der Waals surface area (Å²) in [6, 6.07) is 3.17. The van der Waals surface area contributed by atoms with Gasteiger partial charge in [-0.25, -0.2) is 4.98 Å². The minimum atomic E-state index is -0.404. The summed E-state index contributed by atoms with van der Waals surface area (Å²) in [5.41, 5.74) is 0.538. The normalized spacial score (nSPS) is 14.6. The van der Waals surface area contributed by atoms with Crippen LogP contribution in [0.1, 0.15) is 31.4 Å². The van der Waals surface area contributed by atoms with Crippen molar-refractivity contribution in [1.29, 1.82) is 0 Å². The fourth-order valence-electron chi connectivity index (χ4n) is 1.86. The first-order chi connectivity index (χ1) is 8.16. The lowest BCUT2D eigenvalue weighted by Crippen LogP contribution is -2.05. The molecule has 0 saturated heterocycles. The van der Waals surface area contributed by atoms with Crippen LogP contribution < -0.4 is 5.32 Å². The maximum atomic E-state index is 10.6. The van der Waals surface area contributed by atoms with E-state index in [0.29, 0.717) is 5.69 Å². The number of rotatable bonds is 6. The molecule has 0 amide bonds. The zero-order chi connectivity index (χ0) is 12.3. The van der Waals surface area contributed by atoms with Crippen molar-refractivity contribution in [3.63, 3.8) is 0 Å². The van der Waals surface area contributed by atoms with Gasteiger partial charge in [-0.15, -0.1) is 0 Å². The summed E-state index contributed by atoms with van der Waals surface area (Å²) >= 11 is 0. The third-order valence-electron chi connectivity index (χ3n) is 3.05. The lowest BCUT2D eigenvalue weighted by molar-refractivity contribution is -0.385. The quantitative estimate of drug-likeness (QED) is 0.467. The van der Waals surface area contributed by atoms with E-state index in [0.717, 1.165) is 24.7 Å². The minimum Gasteiger partial charge on any atom is -0.370 e. The molecule has 1 fully saturated rings. The van der Waals surface area contributed by atoms with E-state index < -0.39 is 4.92 Å². The lowest BCUT2D eigenvalue weighted by atomic mass is 10.2. The summed E-state index contributed by atoms with van der Waals surface area (Å²) in [6.07, 6.45) is 5.19. The van der Waals surface area contributed by atoms with Crippen LogP contribution in [0.15, 0.2) is 12.1 Å². The van der Waals surface area contributed by atoms with Gasteiger partial charge < -0.3 is 5.32 Å². The van der Waals surface area contributed by atoms with Gasteiger partial charge >= 0.3 is 0 Å². The summed E-state index contributed by atoms with van der Waals surface area (Å²) in [4.78, 5) is 14.4. The second kappa shape index (κ2) is 5.12. The first-order valence-electron chi connectivity index (χ1n) is 6.02. The van der Waals surface area contributed by atoms with Gasteiger partial charge in [-0.2, -0.15) is 0 Å². The van der Waals surface area contributed by atoms with Gasteiger partial charge in [0.1, 0.15) is 11.5 Å². The predicted molar refractivity (Wildman–Crippen MR) is 66.1 cm³/mol. The van der Waals surface area contributed by atoms with Crippen molar-refractivity contribution < 1.29 is 4.92 Å². The van der Waals surface area contributed by atoms with Crippen LogP contribution in [0, 0.1) is 23.0 Å². The molecule has 0 spiro atoms. The Hall–Kier alpha value is -1.65. The van der Waals surface area contributed by atoms with Gasteiger partial charge in [-0.1, -0.05) is 12.8 Å². The van der Waals surface area contributed by atoms with Crippen LogP contribution in [0.2, 0.25) is 0 Å². The standard InChI is InChI=1S/C12H17N3O2/c1-9-11(15(16)17)6-7-12(14-9)13-8-2-3-10-4-5-10/h6-7,10H,2-5,8H2,1H3,(H,13,14). The highest BCUT2D eigenvalue weighted by atomic mass is 16.6. The Morgan fingerprint density at radius 3 is 2.88 bits per heavy atom. The van der Waals surface area contributed by atoms with Crippen LogP contribution >= 0.6 is 0 Å². The zero-order valence-electron chi connectivity index (χ0n) is 9.98. The van der Waals surface area contributed by atoms with Gasteiger partial charge in [0.05, 0.1) is 4.92 Å². The Kier molecular flexibility index (Phi) is 3.56. The Balaban J connectivity index is 1.83. The second-order valence-electron chi connectivity index (χ2n) is 4.57. The van der Waals surface area contributed by atoms with E-state index in [4.69, 9.17) is 0 Å². The number of nitrogens with zero attached hydrogens (tertiary/aromatic N) is 2. The molecule has 0 aromatic carbocycles. The largest absolute Gasteiger partial charge is 0.370 e. The molecule has 1 heterocycles. The van der Waals surface area contributed by atoms with Crippen molar-refractivity contribution in [1.82, 2.24) is 4.98 Å². The first-order valence-corrected chi connectivity index (χ1v) is 6.02. The van der Waals surface area contributed by atoms with Crippen molar-refractivity contribution in [2.45, 2.75) is 32.6 Å². The van der Waals surface area contributed by atoms with Gasteiger partial charge in [-0.05, 0) is 31.7 Å². The van der Waals surface area contributed by atoms with Crippen LogP contribution in [0.3, 0.4) is 0 Å². The zero-order valence-corrected chi connectivity index (χ0v) is 9.98. The summed E-state index contributed by atoms with van der Waals surface area (Å²) in [5.74, 6) is 1.67. The fraction of sp³-hybridized carbons (Fsp3) is 0.583. The third-order valence-corrected chi connectivity index (χ3v) is 3.05. The van der Waals surface area contributed by atoms with Crippen LogP contribution in [-0.4, -0.2) is 16.5 Å². The monoisotopic (exact) mass is 235 g/mol. The van der Waals surface area contributed by atoms with Crippen LogP contribution in [0.4, 0.5) is 11.5 Å². The Labute approximate surface area is 100 Å². The van der Waals surface area contributed by atoms with Gasteiger partial charge in [0.15, 0.2) is 0 Å². The maximum absolute atomic E-state index is 10.6. The SMILES string of the molecule is Cc1nc(NCCCC2CC2)ccc1[N+](=O)[O-]. The van der Waals surface area contributed by atoms with Crippen molar-refractivity contribution in [3.8, 4) is 0 Å². The molecule has 0 radical (unpaired) electrons. The van der Waals surface area contributed by atoms with Crippen molar-refractivity contribution in [3.05, 3.63) is 27.9 Å². The smallest absolute Gasteiger partial charge is 0.290 e. The average Bonchev–Trinajstić information content (AvgIpc) is 3.08. The van der Waals surface area contributed by atoms with E-state index in [2.05, 4.69) is 10.3 Å². The molecule has 17 heavy (non-hydrogen) atoms. The summed E-state index contributed by atoms with van der Waals surface area (Å²) in [7, 11) is 0. The molecule has 2 rings (SSSR count). The molecular weight excluding hydrogens is 218 g/mol. The molecule has 5 heteroatoms. The Bertz CT molecular complexity index is 416. The topological polar surface area (TPSA) is 68.1 Å². The highest BCUT2D eigenvalue weighted by Crippen LogP contribution is 2.33. The molecule has 1 aliphatic carbocycles. The maximum Gasteiger partial charge on any atom is 0.290 e. The number of aromatic nitrogens is 1. The number of nitro groups is 1. The molecule has 1 aliphatic rings. The van der Waals surface area contributed by atoms with E-state index in [1.54, 1.807) is 13.0 Å². The number of hydrogen-bond donors (Lipinski definition) is 1. The van der Waals surface area contributed by atoms with E-state index in [9.17, 15) is 10.1 Å². The molecule has 1 saturated carbocycles. The van der Waals surface area contributed by atoms with Gasteiger partial charge in [0.25, 0.3) is 5.69 Å². The number of nitrogens with one attached hydrogen (secondary N) is 1. The summed E-state index contributed by atoms with van der Waals surface area (Å²) in [6.45, 7) is 2.55. The molecule has 0 unspecified atom stereocenters. The Morgan fingerprint density at radius 1 is 1.53 bits per heavy atom. The highest BCUT2D eigenvalue weighted by Gasteiger charge is 2.20. The van der Waals surface area contributed by atoms with Gasteiger partial charge in [0, 0.05) is 12.6 Å². The molecule has 0 bridgehead atoms. The van der Waals surface area contributed by atoms with Crippen LogP contribution in [0.5, 0.6) is 0 Å². The van der Waals surface area contributed by atoms with E-state index >= 15 is 0 Å². The van der Waals surface area contributed by atoms with E-state index in [-0.39, 0.29) is 5.69 Å². The molecule has 92 valence electrons. The van der Waals surface area contributed by atoms with Crippen LogP contribution in [0.25, 0.3) is 0 Å². The first kappa shape index (κ1) is 11.8. The number of anilines is 1. The van der Waals surface area contributed by atoms with Gasteiger partial charge in [-0.3, -0.25) is 10.1 Å². The van der Waals surface area contributed by atoms with Crippen molar-refractivity contribution in [2.75, 3.05) is 11.9 Å². The summed E-state index contributed by atoms with van der Waals surface area (Å²) < 4.78 is 0. The second-order valence-corrected chi connectivity index (χ2v) is 4.57. The molecule has 1 N–H and O–H groups in total. The number of aryl methyl sites for hydroxylation is 1. The number of pyridine rings is 1. The highest BCUT2D eigenvalue weighted by molar-refractivity contribution is 5.44. The molecule has 0 aliphatic heterocycles. The molecule has 1 aromatic rings. The molecule has 1 aromatic heterocycles. The predicted octanol–water partition coefficient (Wildman–Crippen LogP) is 2.90.